The molecule has 24 heavy (non-hydrogen) atoms. The molecular weight excluding hydrogens is 316 g/mol. The van der Waals surface area contributed by atoms with Gasteiger partial charge in [-0.3, -0.25) is 0 Å². The van der Waals surface area contributed by atoms with Crippen molar-refractivity contribution in [2.24, 2.45) is 10.2 Å². The third kappa shape index (κ3) is 4.35. The van der Waals surface area contributed by atoms with E-state index in [4.69, 9.17) is 15.9 Å². The third-order valence-electron chi connectivity index (χ3n) is 4.34. The van der Waals surface area contributed by atoms with Crippen molar-refractivity contribution in [1.29, 1.82) is 0 Å². The van der Waals surface area contributed by atoms with Crippen molar-refractivity contribution in [3.8, 4) is 5.75 Å². The van der Waals surface area contributed by atoms with Gasteiger partial charge in [0.25, 0.3) is 0 Å². The number of anilines is 2. The molecule has 0 aliphatic carbocycles. The molecule has 0 amide bonds. The second-order valence-electron chi connectivity index (χ2n) is 7.37. The Bertz CT molecular complexity index is 734. The Labute approximate surface area is 144 Å². The smallest absolute Gasteiger partial charge is 0.250 e. The molecule has 0 heterocycles. The summed E-state index contributed by atoms with van der Waals surface area (Å²) in [6.45, 7) is 11.1. The fourth-order valence-corrected chi connectivity index (χ4v) is 2.84. The van der Waals surface area contributed by atoms with E-state index in [0.29, 0.717) is 17.1 Å². The lowest BCUT2D eigenvalue weighted by molar-refractivity contribution is 0.492. The molecule has 0 saturated carbocycles. The lowest BCUT2D eigenvalue weighted by Crippen LogP contribution is -2.43. The molecule has 4 N–H and O–H groups in total. The van der Waals surface area contributed by atoms with Gasteiger partial charge in [-0.05, 0) is 60.6 Å². The van der Waals surface area contributed by atoms with Crippen molar-refractivity contribution in [2.45, 2.75) is 38.9 Å². The number of benzene rings is 2. The normalized spacial score (nSPS) is 12.5. The molecule has 0 radical (unpaired) electrons. The van der Waals surface area contributed by atoms with Crippen LogP contribution in [0.25, 0.3) is 0 Å². The van der Waals surface area contributed by atoms with E-state index in [2.05, 4.69) is 44.1 Å². The highest BCUT2D eigenvalue weighted by Gasteiger charge is 2.38. The minimum absolute atomic E-state index is 0.165. The molecule has 5 nitrogen and oxygen atoms in total. The lowest BCUT2D eigenvalue weighted by atomic mass is 10.2. The van der Waals surface area contributed by atoms with Gasteiger partial charge in [-0.25, -0.2) is 0 Å². The van der Waals surface area contributed by atoms with Crippen LogP contribution in [0, 0.1) is 0 Å². The van der Waals surface area contributed by atoms with Crippen LogP contribution in [0.5, 0.6) is 5.75 Å². The van der Waals surface area contributed by atoms with E-state index in [1.807, 2.05) is 24.3 Å². The summed E-state index contributed by atoms with van der Waals surface area (Å²) in [7, 11) is -1.83. The number of nitrogens with zero attached hydrogens (tertiary/aromatic N) is 2. The second kappa shape index (κ2) is 6.65. The maximum absolute atomic E-state index is 6.25. The van der Waals surface area contributed by atoms with E-state index in [-0.39, 0.29) is 5.04 Å². The first-order valence-corrected chi connectivity index (χ1v) is 10.9. The van der Waals surface area contributed by atoms with Crippen molar-refractivity contribution < 1.29 is 4.43 Å². The molecule has 2 aromatic rings. The molecule has 0 saturated heterocycles. The molecule has 2 aromatic carbocycles. The van der Waals surface area contributed by atoms with Crippen LogP contribution in [0.15, 0.2) is 52.7 Å². The van der Waals surface area contributed by atoms with Gasteiger partial charge in [0.1, 0.15) is 11.4 Å². The van der Waals surface area contributed by atoms with Gasteiger partial charge < -0.3 is 15.9 Å². The molecule has 2 rings (SSSR count). The zero-order chi connectivity index (χ0) is 18.0. The van der Waals surface area contributed by atoms with Crippen LogP contribution in [-0.4, -0.2) is 8.32 Å². The van der Waals surface area contributed by atoms with Gasteiger partial charge in [-0.1, -0.05) is 20.8 Å². The largest absolute Gasteiger partial charge is 0.544 e. The van der Waals surface area contributed by atoms with Crippen molar-refractivity contribution in [2.75, 3.05) is 11.5 Å². The van der Waals surface area contributed by atoms with Crippen LogP contribution in [-0.2, 0) is 0 Å². The molecule has 0 aliphatic rings. The molecule has 0 unspecified atom stereocenters. The van der Waals surface area contributed by atoms with Gasteiger partial charge in [-0.15, -0.1) is 5.11 Å². The van der Waals surface area contributed by atoms with E-state index < -0.39 is 8.32 Å². The molecule has 0 spiro atoms. The van der Waals surface area contributed by atoms with E-state index >= 15 is 0 Å². The SMILES string of the molecule is CC(C)(C)[Si](C)(C)Oc1ccc(N=Nc2ccc(N)cc2N)cc1. The molecule has 128 valence electrons. The molecule has 0 fully saturated rings. The predicted octanol–water partition coefficient (Wildman–Crippen LogP) is 5.65. The summed E-state index contributed by atoms with van der Waals surface area (Å²) in [5, 5.41) is 8.55. The van der Waals surface area contributed by atoms with Gasteiger partial charge in [0, 0.05) is 5.69 Å². The van der Waals surface area contributed by atoms with Gasteiger partial charge in [0.15, 0.2) is 0 Å². The molecular formula is C18H26N4OSi. The van der Waals surface area contributed by atoms with Crippen molar-refractivity contribution in [1.82, 2.24) is 0 Å². The number of azo groups is 1. The van der Waals surface area contributed by atoms with Crippen molar-refractivity contribution in [3.63, 3.8) is 0 Å². The first-order chi connectivity index (χ1) is 11.1. The quantitative estimate of drug-likeness (QED) is 0.427. The number of hydrogen-bond donors (Lipinski definition) is 2. The number of rotatable bonds is 4. The third-order valence-corrected chi connectivity index (χ3v) is 8.70. The monoisotopic (exact) mass is 342 g/mol. The zero-order valence-corrected chi connectivity index (χ0v) is 16.0. The van der Waals surface area contributed by atoms with Crippen LogP contribution >= 0.6 is 0 Å². The maximum Gasteiger partial charge on any atom is 0.250 e. The topological polar surface area (TPSA) is 86.0 Å². The summed E-state index contributed by atoms with van der Waals surface area (Å²) in [6, 6.07) is 12.8. The molecule has 6 heteroatoms. The minimum Gasteiger partial charge on any atom is -0.544 e. The summed E-state index contributed by atoms with van der Waals surface area (Å²) >= 11 is 0. The van der Waals surface area contributed by atoms with Gasteiger partial charge in [-0.2, -0.15) is 5.11 Å². The van der Waals surface area contributed by atoms with Crippen molar-refractivity contribution in [3.05, 3.63) is 42.5 Å². The first kappa shape index (κ1) is 18.0. The predicted molar refractivity (Wildman–Crippen MR) is 104 cm³/mol. The fraction of sp³-hybridized carbons (Fsp3) is 0.333. The van der Waals surface area contributed by atoms with Crippen LogP contribution in [0.2, 0.25) is 18.1 Å². The molecule has 0 aromatic heterocycles. The summed E-state index contributed by atoms with van der Waals surface area (Å²) in [4.78, 5) is 0. The minimum atomic E-state index is -1.83. The Morgan fingerprint density at radius 2 is 1.54 bits per heavy atom. The molecule has 0 bridgehead atoms. The molecule has 0 atom stereocenters. The Balaban J connectivity index is 2.11. The summed E-state index contributed by atoms with van der Waals surface area (Å²) in [5.41, 5.74) is 14.0. The van der Waals surface area contributed by atoms with Crippen molar-refractivity contribution >= 4 is 31.1 Å². The number of nitrogens with two attached hydrogens (primary N) is 2. The Kier molecular flexibility index (Phi) is 4.98. The average molecular weight is 343 g/mol. The lowest BCUT2D eigenvalue weighted by Gasteiger charge is -2.36. The van der Waals surface area contributed by atoms with E-state index in [1.54, 1.807) is 18.2 Å². The highest BCUT2D eigenvalue weighted by molar-refractivity contribution is 6.74. The summed E-state index contributed by atoms with van der Waals surface area (Å²) in [5.74, 6) is 0.868. The number of nitrogen functional groups attached to an aromatic ring is 2. The summed E-state index contributed by atoms with van der Waals surface area (Å²) in [6.07, 6.45) is 0. The van der Waals surface area contributed by atoms with Crippen LogP contribution < -0.4 is 15.9 Å². The zero-order valence-electron chi connectivity index (χ0n) is 15.0. The van der Waals surface area contributed by atoms with Gasteiger partial charge in [0.2, 0.25) is 8.32 Å². The Morgan fingerprint density at radius 1 is 0.917 bits per heavy atom. The number of hydrogen-bond acceptors (Lipinski definition) is 5. The Morgan fingerprint density at radius 3 is 2.08 bits per heavy atom. The van der Waals surface area contributed by atoms with Crippen LogP contribution in [0.3, 0.4) is 0 Å². The standard InChI is InChI=1S/C18H26N4OSi/c1-18(2,3)24(4,5)23-15-9-7-14(8-10-15)21-22-17-11-6-13(19)12-16(17)20/h6-12H,19-20H2,1-5H3. The second-order valence-corrected chi connectivity index (χ2v) is 12.1. The van der Waals surface area contributed by atoms with Crippen LogP contribution in [0.4, 0.5) is 22.7 Å². The average Bonchev–Trinajstić information content (AvgIpc) is 2.46. The Hall–Kier alpha value is -2.34. The molecule has 0 aliphatic heterocycles. The maximum atomic E-state index is 6.25. The van der Waals surface area contributed by atoms with Gasteiger partial charge >= 0.3 is 0 Å². The summed E-state index contributed by atoms with van der Waals surface area (Å²) < 4.78 is 6.25. The highest BCUT2D eigenvalue weighted by Crippen LogP contribution is 2.37. The van der Waals surface area contributed by atoms with E-state index in [0.717, 1.165) is 11.4 Å². The van der Waals surface area contributed by atoms with E-state index in [1.165, 1.54) is 0 Å². The van der Waals surface area contributed by atoms with Crippen LogP contribution in [0.1, 0.15) is 20.8 Å². The fourth-order valence-electron chi connectivity index (χ4n) is 1.80. The van der Waals surface area contributed by atoms with Gasteiger partial charge in [0.05, 0.1) is 11.4 Å². The van der Waals surface area contributed by atoms with E-state index in [9.17, 15) is 0 Å². The first-order valence-electron chi connectivity index (χ1n) is 7.94. The highest BCUT2D eigenvalue weighted by atomic mass is 28.4.